The molecule has 0 saturated heterocycles. The first kappa shape index (κ1) is 13.7. The molecular weight excluding hydrogens is 278 g/mol. The standard InChI is InChI=1S/C14H19NO4S/c1-9(2)8-15-20(16,17)14-11-4-6-18-12(11)7-10-3-5-19-13(10)14/h7,9,15H,3-6,8H2,1-2H3. The summed E-state index contributed by atoms with van der Waals surface area (Å²) in [6.45, 7) is 5.43. The molecule has 5 nitrogen and oxygen atoms in total. The zero-order valence-electron chi connectivity index (χ0n) is 11.7. The Labute approximate surface area is 119 Å². The fourth-order valence-electron chi connectivity index (χ4n) is 2.57. The molecule has 0 aliphatic carbocycles. The summed E-state index contributed by atoms with van der Waals surface area (Å²) in [6.07, 6.45) is 1.35. The summed E-state index contributed by atoms with van der Waals surface area (Å²) in [5.74, 6) is 1.47. The smallest absolute Gasteiger partial charge is 0.244 e. The third kappa shape index (κ3) is 2.27. The summed E-state index contributed by atoms with van der Waals surface area (Å²) in [6, 6.07) is 1.92. The zero-order chi connectivity index (χ0) is 14.3. The first-order chi connectivity index (χ1) is 9.49. The highest BCUT2D eigenvalue weighted by molar-refractivity contribution is 7.89. The number of sulfonamides is 1. The molecule has 110 valence electrons. The molecule has 6 heteroatoms. The predicted octanol–water partition coefficient (Wildman–Crippen LogP) is 1.49. The quantitative estimate of drug-likeness (QED) is 0.914. The first-order valence-corrected chi connectivity index (χ1v) is 8.41. The van der Waals surface area contributed by atoms with Crippen LogP contribution in [0.4, 0.5) is 0 Å². The lowest BCUT2D eigenvalue weighted by Gasteiger charge is -2.15. The van der Waals surface area contributed by atoms with E-state index >= 15 is 0 Å². The molecule has 0 fully saturated rings. The lowest BCUT2D eigenvalue weighted by Crippen LogP contribution is -2.28. The summed E-state index contributed by atoms with van der Waals surface area (Å²) < 4.78 is 39.0. The van der Waals surface area contributed by atoms with Gasteiger partial charge in [0, 0.05) is 30.5 Å². The van der Waals surface area contributed by atoms with Gasteiger partial charge in [-0.05, 0) is 12.0 Å². The maximum Gasteiger partial charge on any atom is 0.244 e. The molecular formula is C14H19NO4S. The van der Waals surface area contributed by atoms with Gasteiger partial charge in [-0.3, -0.25) is 0 Å². The average Bonchev–Trinajstić information content (AvgIpc) is 3.00. The van der Waals surface area contributed by atoms with E-state index in [0.29, 0.717) is 42.6 Å². The Morgan fingerprint density at radius 2 is 2.00 bits per heavy atom. The van der Waals surface area contributed by atoms with Gasteiger partial charge in [0.1, 0.15) is 16.4 Å². The summed E-state index contributed by atoms with van der Waals surface area (Å²) in [5.41, 5.74) is 1.68. The second kappa shape index (κ2) is 4.93. The number of hydrogen-bond donors (Lipinski definition) is 1. The minimum absolute atomic E-state index is 0.256. The monoisotopic (exact) mass is 297 g/mol. The number of benzene rings is 1. The zero-order valence-corrected chi connectivity index (χ0v) is 12.5. The van der Waals surface area contributed by atoms with Gasteiger partial charge in [-0.1, -0.05) is 13.8 Å². The van der Waals surface area contributed by atoms with Crippen molar-refractivity contribution in [1.82, 2.24) is 4.72 Å². The van der Waals surface area contributed by atoms with Crippen LogP contribution in [0.25, 0.3) is 0 Å². The van der Waals surface area contributed by atoms with Crippen LogP contribution in [-0.4, -0.2) is 28.2 Å². The van der Waals surface area contributed by atoms with Crippen LogP contribution < -0.4 is 14.2 Å². The van der Waals surface area contributed by atoms with E-state index in [1.807, 2.05) is 19.9 Å². The van der Waals surface area contributed by atoms with E-state index in [4.69, 9.17) is 9.47 Å². The van der Waals surface area contributed by atoms with Crippen molar-refractivity contribution in [1.29, 1.82) is 0 Å². The van der Waals surface area contributed by atoms with E-state index in [2.05, 4.69) is 4.72 Å². The van der Waals surface area contributed by atoms with E-state index in [9.17, 15) is 8.42 Å². The molecule has 0 spiro atoms. The summed E-state index contributed by atoms with van der Waals surface area (Å²) in [4.78, 5) is 0.292. The lowest BCUT2D eigenvalue weighted by molar-refractivity contribution is 0.347. The Kier molecular flexibility index (Phi) is 3.38. The van der Waals surface area contributed by atoms with Crippen LogP contribution in [0.1, 0.15) is 25.0 Å². The highest BCUT2D eigenvalue weighted by Crippen LogP contribution is 2.42. The van der Waals surface area contributed by atoms with Crippen LogP contribution in [0.5, 0.6) is 11.5 Å². The maximum atomic E-state index is 12.6. The fraction of sp³-hybridized carbons (Fsp3) is 0.571. The summed E-state index contributed by atoms with van der Waals surface area (Å²) >= 11 is 0. The number of nitrogens with one attached hydrogen (secondary N) is 1. The van der Waals surface area contributed by atoms with E-state index in [1.54, 1.807) is 0 Å². The minimum Gasteiger partial charge on any atom is -0.493 e. The van der Waals surface area contributed by atoms with Gasteiger partial charge in [-0.15, -0.1) is 0 Å². The molecule has 3 rings (SSSR count). The molecule has 2 aliphatic rings. The van der Waals surface area contributed by atoms with Gasteiger partial charge >= 0.3 is 0 Å². The Hall–Kier alpha value is -1.27. The van der Waals surface area contributed by atoms with Crippen LogP contribution in [0.15, 0.2) is 11.0 Å². The Bertz CT molecular complexity index is 605. The average molecular weight is 297 g/mol. The second-order valence-electron chi connectivity index (χ2n) is 5.61. The normalized spacial score (nSPS) is 16.8. The molecule has 20 heavy (non-hydrogen) atoms. The van der Waals surface area contributed by atoms with Crippen molar-refractivity contribution in [2.24, 2.45) is 5.92 Å². The summed E-state index contributed by atoms with van der Waals surface area (Å²) in [7, 11) is -3.56. The van der Waals surface area contributed by atoms with Crippen molar-refractivity contribution in [2.45, 2.75) is 31.6 Å². The molecule has 0 unspecified atom stereocenters. The lowest BCUT2D eigenvalue weighted by atomic mass is 10.1. The van der Waals surface area contributed by atoms with Crippen molar-refractivity contribution < 1.29 is 17.9 Å². The molecule has 0 bridgehead atoms. The maximum absolute atomic E-state index is 12.6. The minimum atomic E-state index is -3.56. The number of ether oxygens (including phenoxy) is 2. The van der Waals surface area contributed by atoms with Gasteiger partial charge in [0.25, 0.3) is 0 Å². The van der Waals surface area contributed by atoms with Crippen molar-refractivity contribution in [3.63, 3.8) is 0 Å². The van der Waals surface area contributed by atoms with Gasteiger partial charge in [-0.2, -0.15) is 0 Å². The Balaban J connectivity index is 2.09. The van der Waals surface area contributed by atoms with E-state index in [1.165, 1.54) is 0 Å². The fourth-order valence-corrected chi connectivity index (χ4v) is 4.23. The molecule has 2 aliphatic heterocycles. The highest BCUT2D eigenvalue weighted by atomic mass is 32.2. The van der Waals surface area contributed by atoms with Crippen molar-refractivity contribution in [2.75, 3.05) is 19.8 Å². The predicted molar refractivity (Wildman–Crippen MR) is 74.9 cm³/mol. The second-order valence-corrected chi connectivity index (χ2v) is 7.32. The largest absolute Gasteiger partial charge is 0.493 e. The third-order valence-corrected chi connectivity index (χ3v) is 5.07. The van der Waals surface area contributed by atoms with E-state index in [0.717, 1.165) is 17.5 Å². The van der Waals surface area contributed by atoms with Crippen LogP contribution in [-0.2, 0) is 22.9 Å². The number of fused-ring (bicyclic) bond motifs is 2. The molecule has 0 atom stereocenters. The van der Waals surface area contributed by atoms with Gasteiger partial charge in [0.05, 0.1) is 13.2 Å². The van der Waals surface area contributed by atoms with Crippen LogP contribution in [0, 0.1) is 5.92 Å². The first-order valence-electron chi connectivity index (χ1n) is 6.93. The molecule has 0 radical (unpaired) electrons. The van der Waals surface area contributed by atoms with E-state index < -0.39 is 10.0 Å². The molecule has 0 saturated carbocycles. The van der Waals surface area contributed by atoms with Crippen molar-refractivity contribution in [3.05, 3.63) is 17.2 Å². The molecule has 2 heterocycles. The Morgan fingerprint density at radius 1 is 1.25 bits per heavy atom. The van der Waals surface area contributed by atoms with Gasteiger partial charge in [0.2, 0.25) is 10.0 Å². The summed E-state index contributed by atoms with van der Waals surface area (Å²) in [5, 5.41) is 0. The van der Waals surface area contributed by atoms with Crippen molar-refractivity contribution in [3.8, 4) is 11.5 Å². The SMILES string of the molecule is CC(C)CNS(=O)(=O)c1c2c(cc3c1OCC3)OCC2. The molecule has 0 aromatic heterocycles. The Morgan fingerprint density at radius 3 is 2.75 bits per heavy atom. The van der Waals surface area contributed by atoms with Crippen molar-refractivity contribution >= 4 is 10.0 Å². The van der Waals surface area contributed by atoms with Gasteiger partial charge < -0.3 is 9.47 Å². The topological polar surface area (TPSA) is 64.6 Å². The third-order valence-electron chi connectivity index (χ3n) is 3.55. The highest BCUT2D eigenvalue weighted by Gasteiger charge is 2.33. The van der Waals surface area contributed by atoms with Crippen LogP contribution in [0.2, 0.25) is 0 Å². The molecule has 1 N–H and O–H groups in total. The molecule has 0 amide bonds. The molecule has 1 aromatic rings. The van der Waals surface area contributed by atoms with Gasteiger partial charge in [-0.25, -0.2) is 13.1 Å². The van der Waals surface area contributed by atoms with Crippen LogP contribution >= 0.6 is 0 Å². The molecule has 1 aromatic carbocycles. The van der Waals surface area contributed by atoms with Crippen LogP contribution in [0.3, 0.4) is 0 Å². The van der Waals surface area contributed by atoms with Gasteiger partial charge in [0.15, 0.2) is 0 Å². The number of rotatable bonds is 4. The number of hydrogen-bond acceptors (Lipinski definition) is 4. The van der Waals surface area contributed by atoms with E-state index in [-0.39, 0.29) is 5.92 Å².